The predicted octanol–water partition coefficient (Wildman–Crippen LogP) is 3.57. The Kier molecular flexibility index (Phi) is 3.56. The summed E-state index contributed by atoms with van der Waals surface area (Å²) in [4.78, 5) is 12.1. The summed E-state index contributed by atoms with van der Waals surface area (Å²) in [6.07, 6.45) is 0. The minimum atomic E-state index is -0.303. The number of carbonyl (C=O) groups is 1. The fourth-order valence-corrected chi connectivity index (χ4v) is 2.08. The minimum Gasteiger partial charge on any atom is -0.507 e. The third kappa shape index (κ3) is 3.13. The third-order valence-electron chi connectivity index (χ3n) is 2.88. The summed E-state index contributed by atoms with van der Waals surface area (Å²) in [7, 11) is 0. The van der Waals surface area contributed by atoms with Gasteiger partial charge in [0, 0.05) is 5.69 Å². The first kappa shape index (κ1) is 13.1. The lowest BCUT2D eigenvalue weighted by Crippen LogP contribution is -2.12. The summed E-state index contributed by atoms with van der Waals surface area (Å²) in [6, 6.07) is 10.8. The normalized spacial score (nSPS) is 10.3. The molecule has 3 heteroatoms. The number of amides is 1. The Labute approximate surface area is 112 Å². The number of hydrogen-bond acceptors (Lipinski definition) is 2. The summed E-state index contributed by atoms with van der Waals surface area (Å²) in [5, 5.41) is 12.6. The van der Waals surface area contributed by atoms with Crippen LogP contribution in [0.2, 0.25) is 0 Å². The Balaban J connectivity index is 2.25. The SMILES string of the molecule is Cc1cc(C)cc(NC(=O)c2ccc(C)cc2O)c1. The van der Waals surface area contributed by atoms with Crippen LogP contribution < -0.4 is 5.32 Å². The number of hydrogen-bond donors (Lipinski definition) is 2. The second-order valence-electron chi connectivity index (χ2n) is 4.85. The highest BCUT2D eigenvalue weighted by Gasteiger charge is 2.11. The van der Waals surface area contributed by atoms with Crippen molar-refractivity contribution in [3.63, 3.8) is 0 Å². The van der Waals surface area contributed by atoms with Crippen molar-refractivity contribution in [1.29, 1.82) is 0 Å². The van der Waals surface area contributed by atoms with Crippen LogP contribution in [0.3, 0.4) is 0 Å². The van der Waals surface area contributed by atoms with Gasteiger partial charge < -0.3 is 10.4 Å². The van der Waals surface area contributed by atoms with Crippen LogP contribution in [0, 0.1) is 20.8 Å². The van der Waals surface area contributed by atoms with Gasteiger partial charge in [0.05, 0.1) is 5.56 Å². The van der Waals surface area contributed by atoms with Crippen molar-refractivity contribution in [2.24, 2.45) is 0 Å². The Morgan fingerprint density at radius 1 is 0.947 bits per heavy atom. The number of rotatable bonds is 2. The van der Waals surface area contributed by atoms with Crippen molar-refractivity contribution in [3.8, 4) is 5.75 Å². The zero-order valence-corrected chi connectivity index (χ0v) is 11.3. The standard InChI is InChI=1S/C16H17NO2/c1-10-4-5-14(15(18)9-10)16(19)17-13-7-11(2)6-12(3)8-13/h4-9,18H,1-3H3,(H,17,19). The lowest BCUT2D eigenvalue weighted by Gasteiger charge is -2.09. The van der Waals surface area contributed by atoms with E-state index in [-0.39, 0.29) is 17.2 Å². The van der Waals surface area contributed by atoms with Crippen LogP contribution in [0.4, 0.5) is 5.69 Å². The van der Waals surface area contributed by atoms with Crippen LogP contribution in [0.1, 0.15) is 27.0 Å². The van der Waals surface area contributed by atoms with Crippen molar-refractivity contribution in [2.45, 2.75) is 20.8 Å². The van der Waals surface area contributed by atoms with Gasteiger partial charge in [-0.3, -0.25) is 4.79 Å². The maximum Gasteiger partial charge on any atom is 0.259 e. The van der Waals surface area contributed by atoms with Crippen molar-refractivity contribution >= 4 is 11.6 Å². The molecule has 19 heavy (non-hydrogen) atoms. The maximum atomic E-state index is 12.1. The Morgan fingerprint density at radius 2 is 1.58 bits per heavy atom. The Morgan fingerprint density at radius 3 is 2.16 bits per heavy atom. The number of carbonyl (C=O) groups excluding carboxylic acids is 1. The summed E-state index contributed by atoms with van der Waals surface area (Å²) < 4.78 is 0. The second kappa shape index (κ2) is 5.14. The highest BCUT2D eigenvalue weighted by Crippen LogP contribution is 2.21. The zero-order chi connectivity index (χ0) is 14.0. The molecule has 2 N–H and O–H groups in total. The first-order valence-electron chi connectivity index (χ1n) is 6.15. The molecule has 0 aliphatic rings. The fraction of sp³-hybridized carbons (Fsp3) is 0.188. The average Bonchev–Trinajstić information content (AvgIpc) is 2.26. The van der Waals surface area contributed by atoms with Crippen LogP contribution in [0.5, 0.6) is 5.75 Å². The van der Waals surface area contributed by atoms with E-state index in [4.69, 9.17) is 0 Å². The van der Waals surface area contributed by atoms with E-state index in [1.807, 2.05) is 39.0 Å². The molecule has 98 valence electrons. The molecule has 0 spiro atoms. The molecule has 0 aliphatic heterocycles. The van der Waals surface area contributed by atoms with Crippen molar-refractivity contribution in [3.05, 3.63) is 58.7 Å². The molecule has 0 fully saturated rings. The predicted molar refractivity (Wildman–Crippen MR) is 76.7 cm³/mol. The van der Waals surface area contributed by atoms with Crippen LogP contribution in [-0.4, -0.2) is 11.0 Å². The minimum absolute atomic E-state index is 0.00174. The lowest BCUT2D eigenvalue weighted by molar-refractivity contribution is 0.102. The lowest BCUT2D eigenvalue weighted by atomic mass is 10.1. The van der Waals surface area contributed by atoms with Gasteiger partial charge in [-0.05, 0) is 61.7 Å². The first-order chi connectivity index (χ1) is 8.95. The van der Waals surface area contributed by atoms with Gasteiger partial charge in [-0.1, -0.05) is 12.1 Å². The number of nitrogens with one attached hydrogen (secondary N) is 1. The molecule has 2 rings (SSSR count). The zero-order valence-electron chi connectivity index (χ0n) is 11.3. The van der Waals surface area contributed by atoms with E-state index in [9.17, 15) is 9.90 Å². The van der Waals surface area contributed by atoms with Gasteiger partial charge in [-0.15, -0.1) is 0 Å². The largest absolute Gasteiger partial charge is 0.507 e. The number of aryl methyl sites for hydroxylation is 3. The van der Waals surface area contributed by atoms with Gasteiger partial charge in [0.1, 0.15) is 5.75 Å². The molecular formula is C16H17NO2. The molecule has 0 heterocycles. The first-order valence-corrected chi connectivity index (χ1v) is 6.15. The van der Waals surface area contributed by atoms with Crippen molar-refractivity contribution < 1.29 is 9.90 Å². The molecule has 0 unspecified atom stereocenters. The monoisotopic (exact) mass is 255 g/mol. The van der Waals surface area contributed by atoms with Gasteiger partial charge in [0.25, 0.3) is 5.91 Å². The van der Waals surface area contributed by atoms with Crippen molar-refractivity contribution in [1.82, 2.24) is 0 Å². The van der Waals surface area contributed by atoms with Gasteiger partial charge >= 0.3 is 0 Å². The van der Waals surface area contributed by atoms with Crippen molar-refractivity contribution in [2.75, 3.05) is 5.32 Å². The summed E-state index contributed by atoms with van der Waals surface area (Å²) in [6.45, 7) is 5.82. The molecule has 0 aromatic heterocycles. The number of benzene rings is 2. The summed E-state index contributed by atoms with van der Waals surface area (Å²) in [5.74, 6) is -0.302. The number of aromatic hydroxyl groups is 1. The van der Waals surface area contributed by atoms with Gasteiger partial charge in [-0.2, -0.15) is 0 Å². The van der Waals surface area contributed by atoms with Crippen LogP contribution in [0.25, 0.3) is 0 Å². The molecule has 3 nitrogen and oxygen atoms in total. The molecular weight excluding hydrogens is 238 g/mol. The number of phenols is 1. The van der Waals surface area contributed by atoms with Gasteiger partial charge in [0.2, 0.25) is 0 Å². The smallest absolute Gasteiger partial charge is 0.259 e. The molecule has 2 aromatic carbocycles. The molecule has 0 saturated carbocycles. The maximum absolute atomic E-state index is 12.1. The number of phenolic OH excluding ortho intramolecular Hbond substituents is 1. The van der Waals surface area contributed by atoms with E-state index in [1.54, 1.807) is 18.2 Å². The van der Waals surface area contributed by atoms with Crippen LogP contribution in [0.15, 0.2) is 36.4 Å². The Hall–Kier alpha value is -2.29. The van der Waals surface area contributed by atoms with E-state index in [0.717, 1.165) is 22.4 Å². The third-order valence-corrected chi connectivity index (χ3v) is 2.88. The molecule has 0 aliphatic carbocycles. The fourth-order valence-electron chi connectivity index (χ4n) is 2.08. The summed E-state index contributed by atoms with van der Waals surface area (Å²) >= 11 is 0. The second-order valence-corrected chi connectivity index (χ2v) is 4.85. The van der Waals surface area contributed by atoms with Crippen LogP contribution in [-0.2, 0) is 0 Å². The van der Waals surface area contributed by atoms with Gasteiger partial charge in [-0.25, -0.2) is 0 Å². The molecule has 0 saturated heterocycles. The highest BCUT2D eigenvalue weighted by atomic mass is 16.3. The van der Waals surface area contributed by atoms with E-state index in [0.29, 0.717) is 0 Å². The summed E-state index contributed by atoms with van der Waals surface area (Å²) in [5.41, 5.74) is 4.11. The highest BCUT2D eigenvalue weighted by molar-refractivity contribution is 6.06. The van der Waals surface area contributed by atoms with E-state index < -0.39 is 0 Å². The van der Waals surface area contributed by atoms with E-state index in [1.165, 1.54) is 0 Å². The van der Waals surface area contributed by atoms with E-state index in [2.05, 4.69) is 5.32 Å². The average molecular weight is 255 g/mol. The van der Waals surface area contributed by atoms with Crippen LogP contribution >= 0.6 is 0 Å². The molecule has 1 amide bonds. The van der Waals surface area contributed by atoms with E-state index >= 15 is 0 Å². The molecule has 0 atom stereocenters. The molecule has 0 radical (unpaired) electrons. The molecule has 0 bridgehead atoms. The van der Waals surface area contributed by atoms with Gasteiger partial charge in [0.15, 0.2) is 0 Å². The molecule has 2 aromatic rings. The number of anilines is 1. The quantitative estimate of drug-likeness (QED) is 0.861. The Bertz CT molecular complexity index is 612. The topological polar surface area (TPSA) is 49.3 Å².